The van der Waals surface area contributed by atoms with Crippen molar-refractivity contribution in [2.24, 2.45) is 7.05 Å². The zero-order valence-corrected chi connectivity index (χ0v) is 11.9. The molecule has 1 N–H and O–H groups in total. The summed E-state index contributed by atoms with van der Waals surface area (Å²) in [6.45, 7) is 1.68. The van der Waals surface area contributed by atoms with Crippen LogP contribution in [0.4, 0.5) is 0 Å². The molecule has 2 rings (SSSR count). The molecule has 0 saturated heterocycles. The van der Waals surface area contributed by atoms with E-state index in [-0.39, 0.29) is 6.61 Å². The van der Waals surface area contributed by atoms with Gasteiger partial charge in [-0.05, 0) is 19.2 Å². The molecule has 0 atom stereocenters. The van der Waals surface area contributed by atoms with E-state index in [0.29, 0.717) is 0 Å². The third-order valence-electron chi connectivity index (χ3n) is 2.59. The van der Waals surface area contributed by atoms with Crippen LogP contribution >= 0.6 is 11.3 Å². The van der Waals surface area contributed by atoms with Crippen LogP contribution in [0.3, 0.4) is 0 Å². The van der Waals surface area contributed by atoms with Gasteiger partial charge in [-0.15, -0.1) is 11.3 Å². The maximum Gasteiger partial charge on any atom is 0.104 e. The zero-order valence-electron chi connectivity index (χ0n) is 11.1. The van der Waals surface area contributed by atoms with E-state index in [4.69, 9.17) is 5.11 Å². The smallest absolute Gasteiger partial charge is 0.104 e. The van der Waals surface area contributed by atoms with Gasteiger partial charge in [-0.3, -0.25) is 9.58 Å². The molecule has 0 unspecified atom stereocenters. The van der Waals surface area contributed by atoms with E-state index in [1.54, 1.807) is 11.3 Å². The molecule has 0 fully saturated rings. The van der Waals surface area contributed by atoms with Crippen molar-refractivity contribution < 1.29 is 5.11 Å². The summed E-state index contributed by atoms with van der Waals surface area (Å²) in [5.41, 5.74) is 1.21. The molecule has 0 amide bonds. The average Bonchev–Trinajstić information content (AvgIpc) is 2.96. The highest BCUT2D eigenvalue weighted by Gasteiger charge is 2.05. The molecule has 0 bridgehead atoms. The van der Waals surface area contributed by atoms with Gasteiger partial charge in [0.1, 0.15) is 6.61 Å². The van der Waals surface area contributed by atoms with Crippen molar-refractivity contribution in [3.8, 4) is 11.8 Å². The molecule has 100 valence electrons. The molecule has 0 aliphatic carbocycles. The van der Waals surface area contributed by atoms with Gasteiger partial charge in [0.15, 0.2) is 0 Å². The Balaban J connectivity index is 1.91. The monoisotopic (exact) mass is 275 g/mol. The maximum absolute atomic E-state index is 8.66. The molecule has 2 heterocycles. The summed E-state index contributed by atoms with van der Waals surface area (Å²) in [5, 5.41) is 12.8. The molecule has 4 nitrogen and oxygen atoms in total. The van der Waals surface area contributed by atoms with Gasteiger partial charge >= 0.3 is 0 Å². The summed E-state index contributed by atoms with van der Waals surface area (Å²) < 4.78 is 1.82. The third-order valence-corrected chi connectivity index (χ3v) is 3.57. The van der Waals surface area contributed by atoms with Gasteiger partial charge in [-0.1, -0.05) is 11.8 Å². The van der Waals surface area contributed by atoms with Crippen molar-refractivity contribution in [3.63, 3.8) is 0 Å². The topological polar surface area (TPSA) is 41.3 Å². The fourth-order valence-corrected chi connectivity index (χ4v) is 2.81. The lowest BCUT2D eigenvalue weighted by Gasteiger charge is -2.13. The Kier molecular flexibility index (Phi) is 4.74. The van der Waals surface area contributed by atoms with Crippen LogP contribution in [0.25, 0.3) is 0 Å². The van der Waals surface area contributed by atoms with E-state index < -0.39 is 0 Å². The van der Waals surface area contributed by atoms with Crippen LogP contribution in [0.1, 0.15) is 15.3 Å². The Morgan fingerprint density at radius 2 is 2.26 bits per heavy atom. The minimum absolute atomic E-state index is 0.0891. The normalized spacial score (nSPS) is 10.5. The number of rotatable bonds is 4. The standard InChI is InChI=1S/C14H17N3OS/c1-16(9-12-8-15-17(2)10-12)11-14-6-5-13(19-14)4-3-7-18/h5-6,8,10,18H,7,9,11H2,1-2H3. The molecule has 2 aromatic heterocycles. The molecule has 0 saturated carbocycles. The SMILES string of the molecule is CN(Cc1cnn(C)c1)Cc1ccc(C#CCO)s1. The van der Waals surface area contributed by atoms with E-state index in [1.807, 2.05) is 30.2 Å². The molecule has 5 heteroatoms. The first-order valence-electron chi connectivity index (χ1n) is 6.02. The van der Waals surface area contributed by atoms with Crippen molar-refractivity contribution in [3.05, 3.63) is 39.8 Å². The first-order valence-corrected chi connectivity index (χ1v) is 6.83. The third kappa shape index (κ3) is 4.21. The van der Waals surface area contributed by atoms with E-state index in [9.17, 15) is 0 Å². The Labute approximate surface area is 117 Å². The molecule has 0 spiro atoms. The number of hydrogen-bond acceptors (Lipinski definition) is 4. The minimum atomic E-state index is -0.0891. The second-order valence-electron chi connectivity index (χ2n) is 4.42. The van der Waals surface area contributed by atoms with Gasteiger partial charge < -0.3 is 5.11 Å². The molecular formula is C14H17N3OS. The number of aromatic nitrogens is 2. The van der Waals surface area contributed by atoms with Crippen LogP contribution in [-0.4, -0.2) is 33.4 Å². The molecule has 2 aromatic rings. The number of aliphatic hydroxyl groups excluding tert-OH is 1. The second kappa shape index (κ2) is 6.53. The Bertz CT molecular complexity index is 591. The highest BCUT2D eigenvalue weighted by molar-refractivity contribution is 7.12. The first-order chi connectivity index (χ1) is 9.17. The van der Waals surface area contributed by atoms with E-state index in [2.05, 4.69) is 35.0 Å². The summed E-state index contributed by atoms with van der Waals surface area (Å²) in [7, 11) is 4.01. The molecule has 0 aliphatic rings. The number of aryl methyl sites for hydroxylation is 1. The summed E-state index contributed by atoms with van der Waals surface area (Å²) >= 11 is 1.67. The predicted molar refractivity (Wildman–Crippen MR) is 76.7 cm³/mol. The Morgan fingerprint density at radius 1 is 1.42 bits per heavy atom. The van der Waals surface area contributed by atoms with Gasteiger partial charge in [0, 0.05) is 36.8 Å². The van der Waals surface area contributed by atoms with Crippen LogP contribution in [0, 0.1) is 11.8 Å². The van der Waals surface area contributed by atoms with Crippen LogP contribution in [-0.2, 0) is 20.1 Å². The van der Waals surface area contributed by atoms with Gasteiger partial charge in [-0.25, -0.2) is 0 Å². The molecule has 0 radical (unpaired) electrons. The summed E-state index contributed by atoms with van der Waals surface area (Å²) in [4.78, 5) is 4.51. The van der Waals surface area contributed by atoms with Crippen LogP contribution in [0.15, 0.2) is 24.5 Å². The van der Waals surface area contributed by atoms with E-state index in [1.165, 1.54) is 10.4 Å². The van der Waals surface area contributed by atoms with Gasteiger partial charge in [0.2, 0.25) is 0 Å². The van der Waals surface area contributed by atoms with Gasteiger partial charge in [0.25, 0.3) is 0 Å². The molecule has 0 aliphatic heterocycles. The van der Waals surface area contributed by atoms with E-state index >= 15 is 0 Å². The maximum atomic E-state index is 8.66. The molecular weight excluding hydrogens is 258 g/mol. The number of hydrogen-bond donors (Lipinski definition) is 1. The van der Waals surface area contributed by atoms with Crippen LogP contribution in [0.5, 0.6) is 0 Å². The van der Waals surface area contributed by atoms with Crippen molar-refractivity contribution in [2.45, 2.75) is 13.1 Å². The fourth-order valence-electron chi connectivity index (χ4n) is 1.84. The molecule has 0 aromatic carbocycles. The Hall–Kier alpha value is -1.61. The average molecular weight is 275 g/mol. The highest BCUT2D eigenvalue weighted by atomic mass is 32.1. The van der Waals surface area contributed by atoms with Crippen molar-refractivity contribution >= 4 is 11.3 Å². The van der Waals surface area contributed by atoms with Gasteiger partial charge in [-0.2, -0.15) is 5.10 Å². The lowest BCUT2D eigenvalue weighted by atomic mass is 10.3. The summed E-state index contributed by atoms with van der Waals surface area (Å²) in [5.74, 6) is 5.59. The number of thiophene rings is 1. The lowest BCUT2D eigenvalue weighted by Crippen LogP contribution is -2.16. The van der Waals surface area contributed by atoms with Crippen molar-refractivity contribution in [1.82, 2.24) is 14.7 Å². The Morgan fingerprint density at radius 3 is 2.95 bits per heavy atom. The molecule has 19 heavy (non-hydrogen) atoms. The second-order valence-corrected chi connectivity index (χ2v) is 5.59. The van der Waals surface area contributed by atoms with Crippen molar-refractivity contribution in [2.75, 3.05) is 13.7 Å². The summed E-state index contributed by atoms with van der Waals surface area (Å²) in [6.07, 6.45) is 3.92. The highest BCUT2D eigenvalue weighted by Crippen LogP contribution is 2.17. The minimum Gasteiger partial charge on any atom is -0.384 e. The predicted octanol–water partition coefficient (Wildman–Crippen LogP) is 1.46. The van der Waals surface area contributed by atoms with E-state index in [0.717, 1.165) is 18.0 Å². The largest absolute Gasteiger partial charge is 0.384 e. The quantitative estimate of drug-likeness (QED) is 0.859. The zero-order chi connectivity index (χ0) is 13.7. The first kappa shape index (κ1) is 13.8. The van der Waals surface area contributed by atoms with Gasteiger partial charge in [0.05, 0.1) is 11.1 Å². The summed E-state index contributed by atoms with van der Waals surface area (Å²) in [6, 6.07) is 4.09. The number of aliphatic hydroxyl groups is 1. The van der Waals surface area contributed by atoms with Crippen LogP contribution < -0.4 is 0 Å². The lowest BCUT2D eigenvalue weighted by molar-refractivity contribution is 0.322. The number of nitrogens with zero attached hydrogens (tertiary/aromatic N) is 3. The fraction of sp³-hybridized carbons (Fsp3) is 0.357. The van der Waals surface area contributed by atoms with Crippen molar-refractivity contribution in [1.29, 1.82) is 0 Å². The van der Waals surface area contributed by atoms with Crippen LogP contribution in [0.2, 0.25) is 0 Å².